The van der Waals surface area contributed by atoms with Crippen LogP contribution in [0, 0.1) is 5.41 Å². The summed E-state index contributed by atoms with van der Waals surface area (Å²) in [4.78, 5) is 212. The van der Waals surface area contributed by atoms with Crippen molar-refractivity contribution in [3.05, 3.63) is 112 Å². The van der Waals surface area contributed by atoms with Gasteiger partial charge in [0.1, 0.15) is 43.4 Å². The maximum Gasteiger partial charge on any atom is 0.327 e. The molecule has 8 amide bonds. The average Bonchev–Trinajstić information content (AvgIpc) is 1.59. The number of nitrogens with one attached hydrogen (secondary N) is 11. The van der Waals surface area contributed by atoms with Crippen molar-refractivity contribution in [3.8, 4) is 23.0 Å². The van der Waals surface area contributed by atoms with E-state index >= 15 is 0 Å². The molecule has 126 heavy (non-hydrogen) atoms. The molecule has 3 aliphatic rings. The predicted molar refractivity (Wildman–Crippen MR) is 454 cm³/mol. The van der Waals surface area contributed by atoms with Gasteiger partial charge in [-0.05, 0) is 87.8 Å². The summed E-state index contributed by atoms with van der Waals surface area (Å²) in [5, 5.41) is 93.3. The molecule has 10 atom stereocenters. The van der Waals surface area contributed by atoms with Crippen molar-refractivity contribution >= 4 is 151 Å². The number of oxime groups is 1. The number of unbranched alkanes of at least 4 members (excludes halogenated alkanes) is 2. The van der Waals surface area contributed by atoms with E-state index in [1.165, 1.54) is 75.0 Å². The van der Waals surface area contributed by atoms with Gasteiger partial charge in [0.25, 0.3) is 23.3 Å². The number of aliphatic carboxylic acids is 5. The van der Waals surface area contributed by atoms with Gasteiger partial charge in [-0.15, -0.1) is 0 Å². The molecule has 8 rings (SSSR count). The summed E-state index contributed by atoms with van der Waals surface area (Å²) in [6.07, 6.45) is -0.244. The van der Waals surface area contributed by atoms with Gasteiger partial charge in [-0.1, -0.05) is 58.0 Å². The van der Waals surface area contributed by atoms with Crippen molar-refractivity contribution in [1.29, 1.82) is 5.41 Å². The summed E-state index contributed by atoms with van der Waals surface area (Å²) in [6.45, 7) is 10.4. The molecule has 2 fully saturated rings. The van der Waals surface area contributed by atoms with Crippen molar-refractivity contribution in [3.63, 3.8) is 0 Å². The van der Waals surface area contributed by atoms with Crippen LogP contribution in [-0.4, -0.2) is 282 Å². The zero-order valence-electron chi connectivity index (χ0n) is 68.6. The third-order valence-corrected chi connectivity index (χ3v) is 21.9. The highest BCUT2D eigenvalue weighted by atomic mass is 33.1. The van der Waals surface area contributed by atoms with E-state index in [0.717, 1.165) is 32.7 Å². The molecule has 0 spiro atoms. The standard InChI is InChI=1S/C78H98N20O26S2/c1-38-21-44-32-84-50-25-58(56(119-4)23-46(50)72(112)97(44)34-38)122-19-8-7-9-20-123-59-26-51(47(24-57(59)120-5)73(113)98-35-39(2)22-45(98)33-86-121-6)94-78(118)124-36-40(3)126-125-37-55(75(116)117)93-70(110)54(29-63(104)105)92-69(109)53(28-62(102)103)91-67(107)48(11-10-18-82-76(79)80)89-68(108)52(27-61(100)101)88-60(99)17-16-49(74(114)115)90-66(106)41-12-14-42(15-13-41)83-30-43-31-85-65-64(87-43)71(111)96-77(81)95-65/h12-15,23-26,31-33,40,44-45,48-49,52-55,78,83,94,118H,1-2,7-11,16-22,27-30,34-37H2,3-6H3,(H,88,99)(H,89,108)(H,90,106)(H,91,107)(H,92,109)(H,93,110)(H,100,101)(H,102,103)(H,104,105)(H,114,115)(H,116,117)(H4,79,80,82)(H3,81,85,95,96,111)/b86-33+/t40?,44-,45-,48-,49-,52-,53-,54-,55-,78?/m0/s1. The number of guanidine groups is 1. The molecular weight excluding hydrogens is 1700 g/mol. The monoisotopic (exact) mass is 1790 g/mol. The molecule has 5 aromatic rings. The lowest BCUT2D eigenvalue weighted by Crippen LogP contribution is -2.59. The lowest BCUT2D eigenvalue weighted by atomic mass is 10.1. The van der Waals surface area contributed by atoms with Crippen LogP contribution in [0.4, 0.5) is 23.0 Å². The number of aliphatic imine (C=N–C) groups is 1. The van der Waals surface area contributed by atoms with Crippen LogP contribution in [0.1, 0.15) is 121 Å². The molecule has 3 aliphatic heterocycles. The Labute approximate surface area is 725 Å². The summed E-state index contributed by atoms with van der Waals surface area (Å²) in [7, 11) is 6.10. The van der Waals surface area contributed by atoms with Crippen molar-refractivity contribution in [2.45, 2.75) is 151 Å². The second-order valence-corrected chi connectivity index (χ2v) is 31.6. The fraction of sp³-hybridized carbons (Fsp3) is 0.436. The Morgan fingerprint density at radius 1 is 0.714 bits per heavy atom. The van der Waals surface area contributed by atoms with Crippen LogP contribution in [0.5, 0.6) is 23.0 Å². The van der Waals surface area contributed by atoms with Gasteiger partial charge in [0.05, 0.1) is 113 Å². The first-order chi connectivity index (χ1) is 60.0. The first-order valence-corrected chi connectivity index (χ1v) is 41.4. The first kappa shape index (κ1) is 97.5. The van der Waals surface area contributed by atoms with Crippen LogP contribution in [0.25, 0.3) is 11.2 Å². The Hall–Kier alpha value is -13.9. The fourth-order valence-corrected chi connectivity index (χ4v) is 15.2. The third kappa shape index (κ3) is 29.1. The number of fused-ring (bicyclic) bond motifs is 3. The number of hydrogen-bond donors (Lipinski definition) is 19. The van der Waals surface area contributed by atoms with Gasteiger partial charge in [0, 0.05) is 66.7 Å². The fourth-order valence-electron chi connectivity index (χ4n) is 12.8. The van der Waals surface area contributed by atoms with E-state index in [1.807, 2.05) is 5.32 Å². The number of benzene rings is 3. The van der Waals surface area contributed by atoms with E-state index in [1.54, 1.807) is 30.2 Å². The number of nitrogen functional groups attached to an aromatic ring is 1. The highest BCUT2D eigenvalue weighted by Crippen LogP contribution is 2.40. The topological polar surface area (TPSA) is 686 Å². The quantitative estimate of drug-likeness (QED) is 0.00486. The minimum Gasteiger partial charge on any atom is -0.493 e. The molecule has 2 aromatic heterocycles. The molecule has 21 N–H and O–H groups in total. The maximum atomic E-state index is 14.5. The maximum absolute atomic E-state index is 14.5. The van der Waals surface area contributed by atoms with Gasteiger partial charge in [0.2, 0.25) is 41.9 Å². The van der Waals surface area contributed by atoms with Gasteiger partial charge >= 0.3 is 29.8 Å². The zero-order chi connectivity index (χ0) is 92.0. The van der Waals surface area contributed by atoms with Gasteiger partial charge < -0.3 is 128 Å². The van der Waals surface area contributed by atoms with Crippen LogP contribution in [0.2, 0.25) is 0 Å². The van der Waals surface area contributed by atoms with Crippen molar-refractivity contribution in [2.24, 2.45) is 15.9 Å². The second-order valence-electron chi connectivity index (χ2n) is 28.8. The zero-order valence-corrected chi connectivity index (χ0v) is 70.3. The normalized spacial score (nSPS) is 15.9. The number of ether oxygens (including phenoxy) is 5. The van der Waals surface area contributed by atoms with E-state index in [0.29, 0.717) is 72.8 Å². The van der Waals surface area contributed by atoms with Crippen LogP contribution in [0.3, 0.4) is 0 Å². The number of amides is 8. The predicted octanol–water partition coefficient (Wildman–Crippen LogP) is 0.776. The summed E-state index contributed by atoms with van der Waals surface area (Å²) in [5.41, 5.74) is 13.6. The van der Waals surface area contributed by atoms with Crippen LogP contribution >= 0.6 is 21.6 Å². The van der Waals surface area contributed by atoms with Crippen molar-refractivity contribution < 1.29 is 121 Å². The van der Waals surface area contributed by atoms with Crippen molar-refractivity contribution in [1.82, 2.24) is 67.0 Å². The van der Waals surface area contributed by atoms with Crippen LogP contribution in [-0.2, 0) is 64.1 Å². The van der Waals surface area contributed by atoms with Crippen LogP contribution < -0.4 is 83.8 Å². The number of aromatic amines is 1. The number of nitrogens with zero attached hydrogens (tertiary/aromatic N) is 7. The third-order valence-electron chi connectivity index (χ3n) is 19.1. The SMILES string of the molecule is C=C1C[C@H]2C=Nc3cc(OCCCCCOc4cc(NC(O)OCC(C)SSC[C@H](NC(=O)[C@H](CC(=O)O)NC(=O)[C@H](CC(=O)O)NC(=O)[C@H](CCCNC(=N)N)NC(=O)[C@H](CC(=O)O)NC(=O)CC[C@H](NC(=O)c5ccc(NCc6cnc7nc(N)[nH]c(=O)c7n6)cc5)C(=O)O)C(=O)O)c(C(=O)N5CC(=C)C[C@H]5/C=N/OC)cc4OC)c(OC)cc3C(=O)N2C1. The van der Waals surface area contributed by atoms with Gasteiger partial charge in [0.15, 0.2) is 40.1 Å². The Morgan fingerprint density at radius 2 is 1.31 bits per heavy atom. The summed E-state index contributed by atoms with van der Waals surface area (Å²) >= 11 is 0. The molecule has 46 nitrogen and oxygen atoms in total. The largest absolute Gasteiger partial charge is 0.493 e. The highest BCUT2D eigenvalue weighted by molar-refractivity contribution is 8.77. The lowest BCUT2D eigenvalue weighted by molar-refractivity contribution is -0.144. The molecule has 48 heteroatoms. The van der Waals surface area contributed by atoms with Gasteiger partial charge in [-0.2, -0.15) is 4.98 Å². The number of carboxylic acid groups (broad SMARTS) is 5. The molecule has 0 bridgehead atoms. The Balaban J connectivity index is 0.839. The number of likely N-dealkylation sites (tertiary alicyclic amines) is 1. The smallest absolute Gasteiger partial charge is 0.327 e. The number of anilines is 3. The number of hydrogen-bond acceptors (Lipinski definition) is 32. The summed E-state index contributed by atoms with van der Waals surface area (Å²) < 4.78 is 29.4. The molecule has 5 heterocycles. The summed E-state index contributed by atoms with van der Waals surface area (Å²) in [5.74, 6) is -16.8. The molecule has 2 saturated heterocycles. The number of nitrogens with two attached hydrogens (primary N) is 2. The van der Waals surface area contributed by atoms with E-state index in [-0.39, 0.29) is 103 Å². The number of carbonyl (C=O) groups is 13. The molecule has 2 unspecified atom stereocenters. The van der Waals surface area contributed by atoms with Crippen LogP contribution in [0.15, 0.2) is 94.0 Å². The Bertz CT molecular complexity index is 5020. The lowest BCUT2D eigenvalue weighted by Gasteiger charge is -2.26. The van der Waals surface area contributed by atoms with E-state index < -0.39 is 181 Å². The average molecular weight is 1800 g/mol. The number of rotatable bonds is 51. The Kier molecular flexibility index (Phi) is 36.5. The highest BCUT2D eigenvalue weighted by Gasteiger charge is 2.39. The number of aliphatic hydroxyl groups excluding tert-OH is 1. The number of aromatic nitrogens is 4. The summed E-state index contributed by atoms with van der Waals surface area (Å²) in [6, 6.07) is -0.787. The van der Waals surface area contributed by atoms with E-state index in [2.05, 4.69) is 85.8 Å². The van der Waals surface area contributed by atoms with Gasteiger partial charge in [-0.25, -0.2) is 19.6 Å². The number of methoxy groups -OCH3 is 2. The van der Waals surface area contributed by atoms with E-state index in [4.69, 9.17) is 45.4 Å². The number of aliphatic hydroxyl groups is 1. The molecule has 678 valence electrons. The number of carboxylic acids is 5. The molecule has 0 saturated carbocycles. The molecular formula is C78H98N20O26S2. The Morgan fingerprint density at radius 3 is 1.92 bits per heavy atom. The number of carbonyl (C=O) groups excluding carboxylic acids is 8. The number of H-pyrrole nitrogens is 1. The minimum absolute atomic E-state index is 0.0172. The molecule has 0 aliphatic carbocycles. The first-order valence-electron chi connectivity index (χ1n) is 39.0. The van der Waals surface area contributed by atoms with Gasteiger partial charge in [-0.3, -0.25) is 72.9 Å². The second kappa shape index (κ2) is 47.1. The van der Waals surface area contributed by atoms with E-state index in [9.17, 15) is 97.8 Å². The van der Waals surface area contributed by atoms with Crippen molar-refractivity contribution in [2.75, 3.05) is 82.9 Å². The molecule has 0 radical (unpaired) electrons. The minimum atomic E-state index is -2.21. The molecule has 3 aromatic carbocycles.